The molecule has 0 atom stereocenters. The lowest BCUT2D eigenvalue weighted by Gasteiger charge is -1.90. The molecule has 0 bridgehead atoms. The van der Waals surface area contributed by atoms with Crippen molar-refractivity contribution >= 4 is 24.8 Å². The summed E-state index contributed by atoms with van der Waals surface area (Å²) < 4.78 is 0. The summed E-state index contributed by atoms with van der Waals surface area (Å²) in [5.74, 6) is 0. The van der Waals surface area contributed by atoms with Gasteiger partial charge >= 0.3 is 0 Å². The van der Waals surface area contributed by atoms with E-state index in [2.05, 4.69) is 18.5 Å². The molecule has 0 aromatic rings. The van der Waals surface area contributed by atoms with E-state index in [9.17, 15) is 0 Å². The number of nitrogens with one attached hydrogen (secondary N) is 1. The lowest BCUT2D eigenvalue weighted by atomic mass is 10.5. The SMILES string of the molecule is C=CCNCC=C.Cl.Cl.N. The van der Waals surface area contributed by atoms with E-state index in [4.69, 9.17) is 0 Å². The second-order valence-corrected chi connectivity index (χ2v) is 1.24. The fourth-order valence-corrected chi connectivity index (χ4v) is 0.287. The molecule has 0 aliphatic carbocycles. The number of hydrogen-bond acceptors (Lipinski definition) is 2. The first-order chi connectivity index (χ1) is 3.41. The van der Waals surface area contributed by atoms with Crippen molar-refractivity contribution in [2.45, 2.75) is 0 Å². The molecule has 4 heteroatoms. The zero-order valence-corrected chi connectivity index (χ0v) is 7.64. The van der Waals surface area contributed by atoms with Gasteiger partial charge in [0.25, 0.3) is 0 Å². The first kappa shape index (κ1) is 22.5. The third-order valence-electron chi connectivity index (χ3n) is 0.577. The highest BCUT2D eigenvalue weighted by Gasteiger charge is 1.69. The van der Waals surface area contributed by atoms with Crippen molar-refractivity contribution in [3.63, 3.8) is 0 Å². The van der Waals surface area contributed by atoms with E-state index in [1.165, 1.54) is 0 Å². The van der Waals surface area contributed by atoms with E-state index < -0.39 is 0 Å². The van der Waals surface area contributed by atoms with Crippen molar-refractivity contribution in [2.75, 3.05) is 13.1 Å². The van der Waals surface area contributed by atoms with Crippen LogP contribution >= 0.6 is 24.8 Å². The van der Waals surface area contributed by atoms with Gasteiger partial charge in [-0.05, 0) is 0 Å². The summed E-state index contributed by atoms with van der Waals surface area (Å²) in [6.07, 6.45) is 3.65. The van der Waals surface area contributed by atoms with Gasteiger partial charge in [-0.25, -0.2) is 0 Å². The van der Waals surface area contributed by atoms with E-state index >= 15 is 0 Å². The molecule has 0 saturated heterocycles. The fourth-order valence-electron chi connectivity index (χ4n) is 0.287. The molecule has 4 N–H and O–H groups in total. The van der Waals surface area contributed by atoms with Crippen molar-refractivity contribution < 1.29 is 0 Å². The maximum Gasteiger partial charge on any atom is 0.0135 e. The van der Waals surface area contributed by atoms with Crippen molar-refractivity contribution in [1.82, 2.24) is 11.5 Å². The first-order valence-corrected chi connectivity index (χ1v) is 2.34. The average Bonchev–Trinajstić information content (AvgIpc) is 1.69. The van der Waals surface area contributed by atoms with Crippen molar-refractivity contribution in [1.29, 1.82) is 0 Å². The Morgan fingerprint density at radius 3 is 1.50 bits per heavy atom. The molecule has 64 valence electrons. The highest BCUT2D eigenvalue weighted by Crippen LogP contribution is 1.59. The Kier molecular flexibility index (Phi) is 51.9. The Balaban J connectivity index is -0.0000000600. The third-order valence-corrected chi connectivity index (χ3v) is 0.577. The number of halogens is 2. The van der Waals surface area contributed by atoms with Crippen LogP contribution in [0.25, 0.3) is 0 Å². The molecular weight excluding hydrogens is 171 g/mol. The van der Waals surface area contributed by atoms with Gasteiger partial charge in [-0.1, -0.05) is 12.2 Å². The van der Waals surface area contributed by atoms with E-state index in [1.807, 2.05) is 12.2 Å². The summed E-state index contributed by atoms with van der Waals surface area (Å²) in [7, 11) is 0. The first-order valence-electron chi connectivity index (χ1n) is 2.34. The van der Waals surface area contributed by atoms with Crippen LogP contribution in [0.3, 0.4) is 0 Å². The van der Waals surface area contributed by atoms with Crippen LogP contribution in [-0.2, 0) is 0 Å². The van der Waals surface area contributed by atoms with Crippen LogP contribution in [0.2, 0.25) is 0 Å². The minimum absolute atomic E-state index is 0. The molecule has 0 radical (unpaired) electrons. The summed E-state index contributed by atoms with van der Waals surface area (Å²) in [6, 6.07) is 0. The standard InChI is InChI=1S/C6H11N.2ClH.H3N/c1-3-5-7-6-4-2;;;/h3-4,7H,1-2,5-6H2;2*1H;1H3. The topological polar surface area (TPSA) is 47.0 Å². The minimum atomic E-state index is 0. The Morgan fingerprint density at radius 1 is 1.00 bits per heavy atom. The molecule has 0 rings (SSSR count). The molecular formula is C6H16Cl2N2. The van der Waals surface area contributed by atoms with Gasteiger partial charge < -0.3 is 11.5 Å². The molecule has 2 nitrogen and oxygen atoms in total. The van der Waals surface area contributed by atoms with Crippen molar-refractivity contribution in [3.8, 4) is 0 Å². The van der Waals surface area contributed by atoms with Gasteiger partial charge in [-0.15, -0.1) is 38.0 Å². The van der Waals surface area contributed by atoms with Crippen LogP contribution in [0.4, 0.5) is 0 Å². The normalized spacial score (nSPS) is 5.60. The second-order valence-electron chi connectivity index (χ2n) is 1.24. The summed E-state index contributed by atoms with van der Waals surface area (Å²) in [6.45, 7) is 8.81. The molecule has 0 aliphatic heterocycles. The molecule has 0 aromatic heterocycles. The fraction of sp³-hybridized carbons (Fsp3) is 0.333. The molecule has 0 heterocycles. The molecule has 0 fully saturated rings. The van der Waals surface area contributed by atoms with E-state index in [-0.39, 0.29) is 31.0 Å². The van der Waals surface area contributed by atoms with Crippen LogP contribution in [-0.4, -0.2) is 13.1 Å². The average molecular weight is 187 g/mol. The van der Waals surface area contributed by atoms with Crippen LogP contribution in [0.1, 0.15) is 0 Å². The monoisotopic (exact) mass is 186 g/mol. The summed E-state index contributed by atoms with van der Waals surface area (Å²) >= 11 is 0. The Bertz CT molecular complexity index is 58.8. The number of hydrogen-bond donors (Lipinski definition) is 2. The summed E-state index contributed by atoms with van der Waals surface area (Å²) in [5, 5.41) is 3.05. The largest absolute Gasteiger partial charge is 0.344 e. The molecule has 0 aromatic carbocycles. The molecule has 0 unspecified atom stereocenters. The molecule has 0 aliphatic rings. The zero-order valence-electron chi connectivity index (χ0n) is 6.01. The predicted molar refractivity (Wildman–Crippen MR) is 52.8 cm³/mol. The van der Waals surface area contributed by atoms with E-state index in [0.29, 0.717) is 0 Å². The Hall–Kier alpha value is -0.0200. The van der Waals surface area contributed by atoms with Crippen LogP contribution < -0.4 is 11.5 Å². The predicted octanol–water partition coefficient (Wildman–Crippen LogP) is 1.95. The smallest absolute Gasteiger partial charge is 0.0135 e. The number of rotatable bonds is 4. The van der Waals surface area contributed by atoms with Crippen molar-refractivity contribution in [2.24, 2.45) is 0 Å². The van der Waals surface area contributed by atoms with Gasteiger partial charge in [0.05, 0.1) is 0 Å². The maximum atomic E-state index is 3.54. The van der Waals surface area contributed by atoms with Gasteiger partial charge in [0, 0.05) is 13.1 Å². The van der Waals surface area contributed by atoms with Crippen LogP contribution in [0.5, 0.6) is 0 Å². The van der Waals surface area contributed by atoms with E-state index in [1.54, 1.807) is 0 Å². The molecule has 10 heavy (non-hydrogen) atoms. The Labute approximate surface area is 75.2 Å². The third kappa shape index (κ3) is 24.5. The van der Waals surface area contributed by atoms with Gasteiger partial charge in [-0.2, -0.15) is 0 Å². The molecule has 0 saturated carbocycles. The van der Waals surface area contributed by atoms with Gasteiger partial charge in [0.1, 0.15) is 0 Å². The maximum absolute atomic E-state index is 3.54. The lowest BCUT2D eigenvalue weighted by Crippen LogP contribution is -2.11. The summed E-state index contributed by atoms with van der Waals surface area (Å²) in [5.41, 5.74) is 0. The molecule has 0 spiro atoms. The second kappa shape index (κ2) is 23.1. The van der Waals surface area contributed by atoms with Crippen LogP contribution in [0.15, 0.2) is 25.3 Å². The van der Waals surface area contributed by atoms with Crippen LogP contribution in [0, 0.1) is 0 Å². The highest BCUT2D eigenvalue weighted by atomic mass is 35.5. The lowest BCUT2D eigenvalue weighted by molar-refractivity contribution is 0.845. The Morgan fingerprint density at radius 2 is 1.30 bits per heavy atom. The van der Waals surface area contributed by atoms with Gasteiger partial charge in [0.15, 0.2) is 0 Å². The van der Waals surface area contributed by atoms with Gasteiger partial charge in [-0.3, -0.25) is 0 Å². The summed E-state index contributed by atoms with van der Waals surface area (Å²) in [4.78, 5) is 0. The van der Waals surface area contributed by atoms with Gasteiger partial charge in [0.2, 0.25) is 0 Å². The minimum Gasteiger partial charge on any atom is -0.344 e. The van der Waals surface area contributed by atoms with E-state index in [0.717, 1.165) is 13.1 Å². The molecule has 0 amide bonds. The van der Waals surface area contributed by atoms with Crippen molar-refractivity contribution in [3.05, 3.63) is 25.3 Å². The quantitative estimate of drug-likeness (QED) is 0.522. The zero-order chi connectivity index (χ0) is 5.54. The highest BCUT2D eigenvalue weighted by molar-refractivity contribution is 5.85.